The second-order valence-electron chi connectivity index (χ2n) is 8.15. The van der Waals surface area contributed by atoms with E-state index in [2.05, 4.69) is 5.32 Å². The predicted molar refractivity (Wildman–Crippen MR) is 127 cm³/mol. The summed E-state index contributed by atoms with van der Waals surface area (Å²) in [6.45, 7) is 0.136. The number of rotatable bonds is 7. The van der Waals surface area contributed by atoms with Crippen molar-refractivity contribution in [3.8, 4) is 0 Å². The Hall–Kier alpha value is -2.78. The zero-order chi connectivity index (χ0) is 24.3. The molecule has 9 heteroatoms. The summed E-state index contributed by atoms with van der Waals surface area (Å²) in [6, 6.07) is 19.4. The smallest absolute Gasteiger partial charge is 0.243 e. The fourth-order valence-electron chi connectivity index (χ4n) is 4.19. The van der Waals surface area contributed by atoms with Crippen LogP contribution in [-0.2, 0) is 21.2 Å². The standard InChI is InChI=1S/C25H24ClFN2O4S/c26-19-7-4-8-21(15-19)34(32,33)29-16-22(18-9-11-20(27)12-10-18)24(30)23(29)25(31)28-14-13-17-5-2-1-3-6-17/h1-12,15,22-24,30H,13-14,16H2,(H,28,31)/t22-,23+,24-/m1/s1. The van der Waals surface area contributed by atoms with Crippen molar-refractivity contribution in [1.29, 1.82) is 0 Å². The number of carbonyl (C=O) groups excluding carboxylic acids is 1. The second-order valence-corrected chi connectivity index (χ2v) is 10.5. The normalized spacial score (nSPS) is 20.9. The number of aliphatic hydroxyl groups is 1. The van der Waals surface area contributed by atoms with E-state index in [1.165, 1.54) is 42.5 Å². The Bertz CT molecular complexity index is 1260. The minimum atomic E-state index is -4.16. The van der Waals surface area contributed by atoms with Gasteiger partial charge in [0.1, 0.15) is 11.9 Å². The Morgan fingerprint density at radius 1 is 1.06 bits per heavy atom. The highest BCUT2D eigenvalue weighted by Gasteiger charge is 2.50. The molecule has 1 aliphatic heterocycles. The Morgan fingerprint density at radius 3 is 2.44 bits per heavy atom. The van der Waals surface area contributed by atoms with Gasteiger partial charge in [-0.1, -0.05) is 60.1 Å². The Kier molecular flexibility index (Phi) is 7.33. The molecule has 2 N–H and O–H groups in total. The summed E-state index contributed by atoms with van der Waals surface area (Å²) in [7, 11) is -4.16. The van der Waals surface area contributed by atoms with Gasteiger partial charge in [-0.05, 0) is 47.9 Å². The molecular weight excluding hydrogens is 479 g/mol. The van der Waals surface area contributed by atoms with Crippen LogP contribution in [0.1, 0.15) is 17.0 Å². The summed E-state index contributed by atoms with van der Waals surface area (Å²) in [5, 5.41) is 14.1. The topological polar surface area (TPSA) is 86.7 Å². The first-order valence-corrected chi connectivity index (χ1v) is 12.6. The molecule has 0 bridgehead atoms. The number of hydrogen-bond acceptors (Lipinski definition) is 4. The van der Waals surface area contributed by atoms with Crippen LogP contribution < -0.4 is 5.32 Å². The lowest BCUT2D eigenvalue weighted by atomic mass is 9.93. The van der Waals surface area contributed by atoms with Gasteiger partial charge in [0.05, 0.1) is 11.0 Å². The Labute approximate surface area is 203 Å². The maximum Gasteiger partial charge on any atom is 0.243 e. The van der Waals surface area contributed by atoms with Crippen molar-refractivity contribution >= 4 is 27.5 Å². The molecule has 178 valence electrons. The molecule has 3 atom stereocenters. The number of hydrogen-bond donors (Lipinski definition) is 2. The van der Waals surface area contributed by atoms with Crippen LogP contribution in [0.5, 0.6) is 0 Å². The molecule has 0 aromatic heterocycles. The number of sulfonamides is 1. The van der Waals surface area contributed by atoms with Gasteiger partial charge < -0.3 is 10.4 Å². The van der Waals surface area contributed by atoms with Gasteiger partial charge >= 0.3 is 0 Å². The highest BCUT2D eigenvalue weighted by molar-refractivity contribution is 7.89. The van der Waals surface area contributed by atoms with E-state index in [1.807, 2.05) is 30.3 Å². The van der Waals surface area contributed by atoms with Gasteiger partial charge in [-0.15, -0.1) is 0 Å². The maximum atomic E-state index is 13.5. The minimum Gasteiger partial charge on any atom is -0.390 e. The minimum absolute atomic E-state index is 0.0750. The molecule has 0 radical (unpaired) electrons. The third-order valence-electron chi connectivity index (χ3n) is 5.95. The number of carbonyl (C=O) groups is 1. The Morgan fingerprint density at radius 2 is 1.76 bits per heavy atom. The number of benzene rings is 3. The average Bonchev–Trinajstić information content (AvgIpc) is 3.18. The zero-order valence-corrected chi connectivity index (χ0v) is 19.7. The molecule has 1 aliphatic rings. The fourth-order valence-corrected chi connectivity index (χ4v) is 6.12. The molecule has 4 rings (SSSR count). The lowest BCUT2D eigenvalue weighted by Gasteiger charge is -2.25. The SMILES string of the molecule is O=C(NCCc1ccccc1)[C@@H]1[C@H](O)[C@@H](c2ccc(F)cc2)CN1S(=O)(=O)c1cccc(Cl)c1. The molecule has 1 heterocycles. The Balaban J connectivity index is 1.62. The number of halogens is 2. The largest absolute Gasteiger partial charge is 0.390 e. The molecule has 3 aromatic carbocycles. The van der Waals surface area contributed by atoms with Crippen LogP contribution in [0.4, 0.5) is 4.39 Å². The molecule has 1 saturated heterocycles. The fraction of sp³-hybridized carbons (Fsp3) is 0.240. The summed E-state index contributed by atoms with van der Waals surface area (Å²) in [6.07, 6.45) is -0.770. The number of nitrogens with zero attached hydrogens (tertiary/aromatic N) is 1. The maximum absolute atomic E-state index is 13.5. The van der Waals surface area contributed by atoms with Crippen molar-refractivity contribution in [3.63, 3.8) is 0 Å². The molecule has 1 fully saturated rings. The van der Waals surface area contributed by atoms with Crippen LogP contribution >= 0.6 is 11.6 Å². The van der Waals surface area contributed by atoms with Gasteiger partial charge in [0.25, 0.3) is 0 Å². The molecular formula is C25H24ClFN2O4S. The van der Waals surface area contributed by atoms with Crippen molar-refractivity contribution in [2.24, 2.45) is 0 Å². The van der Waals surface area contributed by atoms with Crippen molar-refractivity contribution in [3.05, 3.63) is 101 Å². The number of aliphatic hydroxyl groups excluding tert-OH is 1. The van der Waals surface area contributed by atoms with E-state index in [-0.39, 0.29) is 23.0 Å². The van der Waals surface area contributed by atoms with Crippen molar-refractivity contribution in [2.75, 3.05) is 13.1 Å². The van der Waals surface area contributed by atoms with Gasteiger partial charge in [-0.25, -0.2) is 12.8 Å². The number of amides is 1. The van der Waals surface area contributed by atoms with Crippen LogP contribution in [0.15, 0.2) is 83.8 Å². The molecule has 0 spiro atoms. The van der Waals surface area contributed by atoms with Crippen molar-refractivity contribution in [1.82, 2.24) is 9.62 Å². The average molecular weight is 503 g/mol. The van der Waals surface area contributed by atoms with Crippen LogP contribution in [0, 0.1) is 5.82 Å². The van der Waals surface area contributed by atoms with Crippen LogP contribution in [-0.4, -0.2) is 49.0 Å². The quantitative estimate of drug-likeness (QED) is 0.518. The first-order chi connectivity index (χ1) is 16.3. The lowest BCUT2D eigenvalue weighted by Crippen LogP contribution is -2.50. The first-order valence-electron chi connectivity index (χ1n) is 10.8. The van der Waals surface area contributed by atoms with E-state index in [0.29, 0.717) is 12.0 Å². The molecule has 0 saturated carbocycles. The van der Waals surface area contributed by atoms with E-state index < -0.39 is 39.8 Å². The van der Waals surface area contributed by atoms with Crippen LogP contribution in [0.2, 0.25) is 5.02 Å². The van der Waals surface area contributed by atoms with E-state index in [9.17, 15) is 22.7 Å². The van der Waals surface area contributed by atoms with Gasteiger partial charge in [0.15, 0.2) is 0 Å². The monoisotopic (exact) mass is 502 g/mol. The second kappa shape index (κ2) is 10.2. The molecule has 0 aliphatic carbocycles. The summed E-state index contributed by atoms with van der Waals surface area (Å²) in [4.78, 5) is 13.1. The van der Waals surface area contributed by atoms with Gasteiger partial charge in [-0.3, -0.25) is 4.79 Å². The molecule has 6 nitrogen and oxygen atoms in total. The van der Waals surface area contributed by atoms with Crippen LogP contribution in [0.25, 0.3) is 0 Å². The summed E-state index contributed by atoms with van der Waals surface area (Å²) < 4.78 is 41.4. The highest BCUT2D eigenvalue weighted by Crippen LogP contribution is 2.36. The third kappa shape index (κ3) is 5.15. The zero-order valence-electron chi connectivity index (χ0n) is 18.1. The molecule has 34 heavy (non-hydrogen) atoms. The third-order valence-corrected chi connectivity index (χ3v) is 8.03. The van der Waals surface area contributed by atoms with E-state index in [1.54, 1.807) is 6.07 Å². The molecule has 3 aromatic rings. The number of nitrogens with one attached hydrogen (secondary N) is 1. The van der Waals surface area contributed by atoms with E-state index in [0.717, 1.165) is 9.87 Å². The molecule has 0 unspecified atom stereocenters. The lowest BCUT2D eigenvalue weighted by molar-refractivity contribution is -0.126. The van der Waals surface area contributed by atoms with Gasteiger partial charge in [0, 0.05) is 24.0 Å². The van der Waals surface area contributed by atoms with Gasteiger partial charge in [-0.2, -0.15) is 4.31 Å². The summed E-state index contributed by atoms with van der Waals surface area (Å²) in [5.41, 5.74) is 1.56. The van der Waals surface area contributed by atoms with E-state index in [4.69, 9.17) is 11.6 Å². The van der Waals surface area contributed by atoms with Crippen LogP contribution in [0.3, 0.4) is 0 Å². The summed E-state index contributed by atoms with van der Waals surface area (Å²) >= 11 is 6.00. The van der Waals surface area contributed by atoms with Crippen molar-refractivity contribution < 1.29 is 22.7 Å². The predicted octanol–water partition coefficient (Wildman–Crippen LogP) is 3.36. The van der Waals surface area contributed by atoms with Crippen molar-refractivity contribution in [2.45, 2.75) is 29.4 Å². The molecule has 1 amide bonds. The van der Waals surface area contributed by atoms with Gasteiger partial charge in [0.2, 0.25) is 15.9 Å². The highest BCUT2D eigenvalue weighted by atomic mass is 35.5. The summed E-state index contributed by atoms with van der Waals surface area (Å²) in [5.74, 6) is -1.76. The first kappa shape index (κ1) is 24.3. The van der Waals surface area contributed by atoms with E-state index >= 15 is 0 Å².